The molecule has 0 bridgehead atoms. The molecule has 0 spiro atoms. The highest BCUT2D eigenvalue weighted by molar-refractivity contribution is 14.1. The largest absolute Gasteiger partial charge is 0.497 e. The third-order valence-electron chi connectivity index (χ3n) is 6.50. The second kappa shape index (κ2) is 14.8. The Kier molecular flexibility index (Phi) is 14.5. The Bertz CT molecular complexity index is 719. The molecule has 2 rings (SSSR count). The van der Waals surface area contributed by atoms with Crippen molar-refractivity contribution >= 4 is 36.9 Å². The van der Waals surface area contributed by atoms with Crippen molar-refractivity contribution in [3.05, 3.63) is 29.8 Å². The van der Waals surface area contributed by atoms with E-state index in [4.69, 9.17) is 23.4 Å². The summed E-state index contributed by atoms with van der Waals surface area (Å²) in [7, 11) is -0.362. The summed E-state index contributed by atoms with van der Waals surface area (Å²) in [5, 5.41) is 0.0850. The minimum absolute atomic E-state index is 0. The van der Waals surface area contributed by atoms with Crippen molar-refractivity contribution in [2.45, 2.75) is 98.1 Å². The van der Waals surface area contributed by atoms with Crippen LogP contribution in [0.3, 0.4) is 0 Å². The zero-order valence-corrected chi connectivity index (χ0v) is 25.1. The number of carbonyl (C=O) groups is 1. The van der Waals surface area contributed by atoms with Gasteiger partial charge >= 0.3 is 5.97 Å². The maximum Gasteiger partial charge on any atom is 0.303 e. The first kappa shape index (κ1) is 33.3. The Labute approximate surface area is 222 Å². The zero-order chi connectivity index (χ0) is 25.4. The van der Waals surface area contributed by atoms with E-state index in [1.165, 1.54) is 6.92 Å². The van der Waals surface area contributed by atoms with E-state index in [0.717, 1.165) is 11.3 Å². The maximum absolute atomic E-state index is 11.8. The van der Waals surface area contributed by atoms with Gasteiger partial charge < -0.3 is 23.4 Å². The topological polar surface area (TPSA) is 63.2 Å². The Morgan fingerprint density at radius 1 is 1.09 bits per heavy atom. The van der Waals surface area contributed by atoms with Crippen molar-refractivity contribution in [3.8, 4) is 5.75 Å². The minimum Gasteiger partial charge on any atom is -0.497 e. The number of esters is 1. The zero-order valence-electron chi connectivity index (χ0n) is 21.9. The maximum atomic E-state index is 11.8. The summed E-state index contributed by atoms with van der Waals surface area (Å²) >= 11 is 2.15. The minimum atomic E-state index is -2.01. The van der Waals surface area contributed by atoms with Gasteiger partial charge in [-0.05, 0) is 47.7 Å². The lowest BCUT2D eigenvalue weighted by atomic mass is 9.88. The molecule has 1 aromatic carbocycles. The first-order chi connectivity index (χ1) is 15.4. The lowest BCUT2D eigenvalue weighted by Gasteiger charge is -2.48. The fourth-order valence-electron chi connectivity index (χ4n) is 3.63. The van der Waals surface area contributed by atoms with Crippen molar-refractivity contribution in [1.82, 2.24) is 0 Å². The third kappa shape index (κ3) is 9.41. The quantitative estimate of drug-likeness (QED) is 0.142. The Hall–Kier alpha value is -0.683. The van der Waals surface area contributed by atoms with Crippen molar-refractivity contribution < 1.29 is 28.2 Å². The SMILES string of the molecule is C.CI.COc1ccc(COCC2O[C@@H](C)C(O[Si](C)(C)C(C)(C)C)C(C)[C@@H]2OC(C)=O)cc1. The highest BCUT2D eigenvalue weighted by atomic mass is 127. The lowest BCUT2D eigenvalue weighted by molar-refractivity contribution is -0.215. The van der Waals surface area contributed by atoms with Crippen LogP contribution in [0, 0.1) is 5.92 Å². The molecule has 0 aliphatic carbocycles. The molecule has 1 fully saturated rings. The van der Waals surface area contributed by atoms with Crippen LogP contribution in [0.4, 0.5) is 0 Å². The number of halogens is 1. The fourth-order valence-corrected chi connectivity index (χ4v) is 5.07. The van der Waals surface area contributed by atoms with Gasteiger partial charge in [-0.3, -0.25) is 4.79 Å². The lowest BCUT2D eigenvalue weighted by Crippen LogP contribution is -2.59. The molecule has 34 heavy (non-hydrogen) atoms. The molecule has 1 aliphatic heterocycles. The Balaban J connectivity index is 0.00000353. The van der Waals surface area contributed by atoms with Gasteiger partial charge in [-0.25, -0.2) is 0 Å². The van der Waals surface area contributed by atoms with E-state index >= 15 is 0 Å². The summed E-state index contributed by atoms with van der Waals surface area (Å²) in [5.74, 6) is 0.488. The Morgan fingerprint density at radius 2 is 1.65 bits per heavy atom. The molecule has 198 valence electrons. The van der Waals surface area contributed by atoms with Gasteiger partial charge in [0.2, 0.25) is 0 Å². The normalized spacial score (nSPS) is 24.9. The van der Waals surface area contributed by atoms with Crippen LogP contribution in [-0.2, 0) is 30.0 Å². The molecular weight excluding hydrogens is 563 g/mol. The van der Waals surface area contributed by atoms with Crippen LogP contribution < -0.4 is 4.74 Å². The van der Waals surface area contributed by atoms with E-state index in [9.17, 15) is 4.79 Å². The monoisotopic (exact) mass is 610 g/mol. The number of carbonyl (C=O) groups excluding carboxylic acids is 1. The molecule has 8 heteroatoms. The summed E-state index contributed by atoms with van der Waals surface area (Å²) in [6.45, 7) is 17.5. The molecule has 5 atom stereocenters. The van der Waals surface area contributed by atoms with Crippen LogP contribution in [0.1, 0.15) is 54.5 Å². The van der Waals surface area contributed by atoms with Gasteiger partial charge in [-0.15, -0.1) is 0 Å². The average Bonchev–Trinajstić information content (AvgIpc) is 2.74. The second-order valence-electron chi connectivity index (χ2n) is 10.0. The van der Waals surface area contributed by atoms with Crippen LogP contribution in [0.5, 0.6) is 5.75 Å². The molecule has 1 heterocycles. The predicted octanol–water partition coefficient (Wildman–Crippen LogP) is 6.64. The van der Waals surface area contributed by atoms with E-state index < -0.39 is 14.4 Å². The first-order valence-electron chi connectivity index (χ1n) is 11.4. The number of ether oxygens (including phenoxy) is 4. The van der Waals surface area contributed by atoms with Crippen molar-refractivity contribution in [2.75, 3.05) is 18.6 Å². The third-order valence-corrected chi connectivity index (χ3v) is 11.0. The molecule has 1 aromatic rings. The Morgan fingerprint density at radius 3 is 2.12 bits per heavy atom. The van der Waals surface area contributed by atoms with Crippen molar-refractivity contribution in [3.63, 3.8) is 0 Å². The van der Waals surface area contributed by atoms with E-state index in [2.05, 4.69) is 63.4 Å². The van der Waals surface area contributed by atoms with Gasteiger partial charge in [0.1, 0.15) is 18.0 Å². The number of alkyl halides is 1. The number of benzene rings is 1. The highest BCUT2D eigenvalue weighted by Crippen LogP contribution is 2.41. The summed E-state index contributed by atoms with van der Waals surface area (Å²) in [6.07, 6.45) is -1.01. The molecule has 3 unspecified atom stereocenters. The standard InChI is InChI=1S/C24H40O6Si.CH3I.CH4/c1-16-22(30-31(8,9)24(4,5)6)17(2)28-21(23(16)29-18(3)25)15-27-14-19-10-12-20(26-7)13-11-19;1-2;/h10-13,16-17,21-23H,14-15H2,1-9H3;1H3;1H4/t16?,17-,21?,22?,23-;;/m0../s1. The summed E-state index contributed by atoms with van der Waals surface area (Å²) < 4.78 is 29.8. The molecule has 0 saturated carbocycles. The molecule has 0 amide bonds. The molecule has 1 aliphatic rings. The van der Waals surface area contributed by atoms with Crippen LogP contribution in [0.25, 0.3) is 0 Å². The van der Waals surface area contributed by atoms with Gasteiger partial charge in [0.05, 0.1) is 32.5 Å². The highest BCUT2D eigenvalue weighted by Gasteiger charge is 2.48. The van der Waals surface area contributed by atoms with E-state index in [1.54, 1.807) is 7.11 Å². The fraction of sp³-hybridized carbons (Fsp3) is 0.731. The summed E-state index contributed by atoms with van der Waals surface area (Å²) in [6, 6.07) is 7.76. The van der Waals surface area contributed by atoms with Crippen LogP contribution in [-0.4, -0.2) is 57.3 Å². The van der Waals surface area contributed by atoms with Crippen LogP contribution >= 0.6 is 22.6 Å². The van der Waals surface area contributed by atoms with Crippen LogP contribution in [0.15, 0.2) is 24.3 Å². The van der Waals surface area contributed by atoms with Gasteiger partial charge in [0, 0.05) is 12.8 Å². The molecule has 1 saturated heterocycles. The van der Waals surface area contributed by atoms with Crippen LogP contribution in [0.2, 0.25) is 18.1 Å². The smallest absolute Gasteiger partial charge is 0.303 e. The van der Waals surface area contributed by atoms with Crippen molar-refractivity contribution in [1.29, 1.82) is 0 Å². The van der Waals surface area contributed by atoms with E-state index in [1.807, 2.05) is 36.1 Å². The predicted molar refractivity (Wildman–Crippen MR) is 150 cm³/mol. The number of hydrogen-bond acceptors (Lipinski definition) is 6. The van der Waals surface area contributed by atoms with E-state index in [0.29, 0.717) is 13.2 Å². The van der Waals surface area contributed by atoms with Gasteiger partial charge in [-0.2, -0.15) is 0 Å². The molecule has 0 N–H and O–H groups in total. The molecule has 0 aromatic heterocycles. The first-order valence-corrected chi connectivity index (χ1v) is 16.5. The molecular formula is C26H47IO6Si. The average molecular weight is 611 g/mol. The molecule has 0 radical (unpaired) electrons. The number of methoxy groups -OCH3 is 1. The number of rotatable bonds is 8. The van der Waals surface area contributed by atoms with Gasteiger partial charge in [-0.1, -0.05) is 69.8 Å². The number of hydrogen-bond donors (Lipinski definition) is 0. The summed E-state index contributed by atoms with van der Waals surface area (Å²) in [5.41, 5.74) is 1.04. The van der Waals surface area contributed by atoms with Gasteiger partial charge in [0.15, 0.2) is 8.32 Å². The van der Waals surface area contributed by atoms with Gasteiger partial charge in [0.25, 0.3) is 0 Å². The molecule has 6 nitrogen and oxygen atoms in total. The van der Waals surface area contributed by atoms with E-state index in [-0.39, 0.29) is 42.7 Å². The second-order valence-corrected chi connectivity index (χ2v) is 14.8. The summed E-state index contributed by atoms with van der Waals surface area (Å²) in [4.78, 5) is 13.8. The van der Waals surface area contributed by atoms with Crippen molar-refractivity contribution in [2.24, 2.45) is 5.92 Å².